The summed E-state index contributed by atoms with van der Waals surface area (Å²) in [6, 6.07) is 5.92. The third kappa shape index (κ3) is 2.89. The summed E-state index contributed by atoms with van der Waals surface area (Å²) < 4.78 is 11.1. The zero-order chi connectivity index (χ0) is 10.6. The van der Waals surface area contributed by atoms with Gasteiger partial charge in [0, 0.05) is 26.9 Å². The van der Waals surface area contributed by atoms with Crippen LogP contribution in [0.1, 0.15) is 0 Å². The molecule has 4 heteroatoms. The molecule has 0 saturated carbocycles. The molecule has 0 aromatic heterocycles. The molecule has 0 aliphatic heterocycles. The van der Waals surface area contributed by atoms with Gasteiger partial charge < -0.3 is 14.4 Å². The van der Waals surface area contributed by atoms with Crippen molar-refractivity contribution in [1.29, 1.82) is 0 Å². The first kappa shape index (κ1) is 11.3. The number of nitrogens with zero attached hydrogens (tertiary/aromatic N) is 1. The van der Waals surface area contributed by atoms with E-state index in [1.807, 2.05) is 37.2 Å². The minimum Gasteiger partial charge on any atom is -0.466 e. The number of rotatable bonds is 4. The minimum absolute atomic E-state index is 0.264. The smallest absolute Gasteiger partial charge is 0.188 e. The van der Waals surface area contributed by atoms with Gasteiger partial charge in [0.25, 0.3) is 0 Å². The molecule has 0 fully saturated rings. The highest BCUT2D eigenvalue weighted by atomic mass is 79.9. The van der Waals surface area contributed by atoms with Gasteiger partial charge in [0.1, 0.15) is 5.75 Å². The lowest BCUT2D eigenvalue weighted by molar-refractivity contribution is 0.0506. The lowest BCUT2D eigenvalue weighted by Crippen LogP contribution is -2.08. The van der Waals surface area contributed by atoms with E-state index in [0.717, 1.165) is 15.9 Å². The Morgan fingerprint density at radius 3 is 2.57 bits per heavy atom. The fourth-order valence-electron chi connectivity index (χ4n) is 1.01. The quantitative estimate of drug-likeness (QED) is 0.776. The second kappa shape index (κ2) is 5.22. The fraction of sp³-hybridized carbons (Fsp3) is 0.400. The fourth-order valence-corrected chi connectivity index (χ4v) is 1.49. The van der Waals surface area contributed by atoms with Crippen molar-refractivity contribution in [3.8, 4) is 5.75 Å². The van der Waals surface area contributed by atoms with Gasteiger partial charge in [0.05, 0.1) is 4.47 Å². The second-order valence-corrected chi connectivity index (χ2v) is 3.91. The molecule has 1 aromatic carbocycles. The van der Waals surface area contributed by atoms with E-state index in [9.17, 15) is 0 Å². The summed E-state index contributed by atoms with van der Waals surface area (Å²) >= 11 is 3.44. The van der Waals surface area contributed by atoms with Crippen LogP contribution in [0.15, 0.2) is 22.7 Å². The first-order valence-corrected chi connectivity index (χ1v) is 5.03. The standard InChI is InChI=1S/C10H14BrNO2/c1-12(2)8-4-5-10(9(11)6-8)14-7-13-3/h4-6H,7H2,1-3H3. The van der Waals surface area contributed by atoms with Gasteiger partial charge in [-0.1, -0.05) is 0 Å². The maximum Gasteiger partial charge on any atom is 0.188 e. The molecule has 0 atom stereocenters. The van der Waals surface area contributed by atoms with Crippen LogP contribution in [0.5, 0.6) is 5.75 Å². The van der Waals surface area contributed by atoms with Crippen LogP contribution >= 0.6 is 15.9 Å². The average molecular weight is 260 g/mol. The normalized spacial score (nSPS) is 10.0. The summed E-state index contributed by atoms with van der Waals surface area (Å²) in [5.41, 5.74) is 1.13. The van der Waals surface area contributed by atoms with Crippen LogP contribution in [0, 0.1) is 0 Å². The molecule has 0 unspecified atom stereocenters. The van der Waals surface area contributed by atoms with E-state index < -0.39 is 0 Å². The minimum atomic E-state index is 0.264. The molecule has 0 amide bonds. The molecule has 14 heavy (non-hydrogen) atoms. The molecular formula is C10H14BrNO2. The van der Waals surface area contributed by atoms with Crippen molar-refractivity contribution in [1.82, 2.24) is 0 Å². The Balaban J connectivity index is 2.79. The highest BCUT2D eigenvalue weighted by Gasteiger charge is 2.03. The monoisotopic (exact) mass is 259 g/mol. The van der Waals surface area contributed by atoms with E-state index in [1.54, 1.807) is 7.11 Å². The predicted octanol–water partition coefficient (Wildman–Crippen LogP) is 2.50. The van der Waals surface area contributed by atoms with Gasteiger partial charge in [-0.05, 0) is 34.1 Å². The Bertz CT molecular complexity index is 302. The third-order valence-corrected chi connectivity index (χ3v) is 2.38. The van der Waals surface area contributed by atoms with Crippen LogP contribution in [0.25, 0.3) is 0 Å². The Morgan fingerprint density at radius 2 is 2.07 bits per heavy atom. The van der Waals surface area contributed by atoms with Gasteiger partial charge in [-0.15, -0.1) is 0 Å². The Hall–Kier alpha value is -0.740. The first-order valence-electron chi connectivity index (χ1n) is 4.23. The number of halogens is 1. The van der Waals surface area contributed by atoms with Crippen LogP contribution in [-0.2, 0) is 4.74 Å². The van der Waals surface area contributed by atoms with Crippen molar-refractivity contribution in [3.63, 3.8) is 0 Å². The maximum absolute atomic E-state index is 5.33. The van der Waals surface area contributed by atoms with Crippen molar-refractivity contribution in [2.75, 3.05) is 32.9 Å². The van der Waals surface area contributed by atoms with Crippen LogP contribution in [0.3, 0.4) is 0 Å². The molecule has 0 N–H and O–H groups in total. The number of benzene rings is 1. The zero-order valence-corrected chi connectivity index (χ0v) is 10.2. The summed E-state index contributed by atoms with van der Waals surface area (Å²) in [5, 5.41) is 0. The van der Waals surface area contributed by atoms with Crippen LogP contribution in [-0.4, -0.2) is 28.0 Å². The molecular weight excluding hydrogens is 246 g/mol. The number of ether oxygens (including phenoxy) is 2. The molecule has 0 spiro atoms. The van der Waals surface area contributed by atoms with Gasteiger partial charge in [-0.2, -0.15) is 0 Å². The number of anilines is 1. The molecule has 0 heterocycles. The van der Waals surface area contributed by atoms with Gasteiger partial charge in [0.15, 0.2) is 6.79 Å². The summed E-state index contributed by atoms with van der Waals surface area (Å²) in [6.07, 6.45) is 0. The van der Waals surface area contributed by atoms with Crippen LogP contribution < -0.4 is 9.64 Å². The lowest BCUT2D eigenvalue weighted by Gasteiger charge is -2.14. The summed E-state index contributed by atoms with van der Waals surface area (Å²) in [5.74, 6) is 0.789. The van der Waals surface area contributed by atoms with Gasteiger partial charge >= 0.3 is 0 Å². The molecule has 78 valence electrons. The lowest BCUT2D eigenvalue weighted by atomic mass is 10.3. The average Bonchev–Trinajstić information content (AvgIpc) is 2.15. The van der Waals surface area contributed by atoms with Crippen LogP contribution in [0.4, 0.5) is 5.69 Å². The maximum atomic E-state index is 5.33. The van der Waals surface area contributed by atoms with Crippen molar-refractivity contribution < 1.29 is 9.47 Å². The topological polar surface area (TPSA) is 21.7 Å². The van der Waals surface area contributed by atoms with Crippen molar-refractivity contribution in [3.05, 3.63) is 22.7 Å². The predicted molar refractivity (Wildman–Crippen MR) is 61.0 cm³/mol. The second-order valence-electron chi connectivity index (χ2n) is 3.06. The van der Waals surface area contributed by atoms with Crippen molar-refractivity contribution >= 4 is 21.6 Å². The molecule has 0 saturated heterocycles. The molecule has 0 bridgehead atoms. The van der Waals surface area contributed by atoms with E-state index in [-0.39, 0.29) is 6.79 Å². The number of methoxy groups -OCH3 is 1. The number of hydrogen-bond acceptors (Lipinski definition) is 3. The molecule has 0 aliphatic carbocycles. The van der Waals surface area contributed by atoms with E-state index in [2.05, 4.69) is 15.9 Å². The Kier molecular flexibility index (Phi) is 4.22. The van der Waals surface area contributed by atoms with E-state index in [4.69, 9.17) is 9.47 Å². The van der Waals surface area contributed by atoms with Crippen molar-refractivity contribution in [2.45, 2.75) is 0 Å². The molecule has 1 rings (SSSR count). The first-order chi connectivity index (χ1) is 6.65. The third-order valence-electron chi connectivity index (χ3n) is 1.76. The molecule has 3 nitrogen and oxygen atoms in total. The highest BCUT2D eigenvalue weighted by molar-refractivity contribution is 9.10. The summed E-state index contributed by atoms with van der Waals surface area (Å²) in [7, 11) is 5.59. The molecule has 0 aliphatic rings. The summed E-state index contributed by atoms with van der Waals surface area (Å²) in [6.45, 7) is 0.264. The van der Waals surface area contributed by atoms with Gasteiger partial charge in [0.2, 0.25) is 0 Å². The van der Waals surface area contributed by atoms with Crippen molar-refractivity contribution in [2.24, 2.45) is 0 Å². The van der Waals surface area contributed by atoms with E-state index in [1.165, 1.54) is 0 Å². The highest BCUT2D eigenvalue weighted by Crippen LogP contribution is 2.28. The Morgan fingerprint density at radius 1 is 1.36 bits per heavy atom. The van der Waals surface area contributed by atoms with Gasteiger partial charge in [-0.25, -0.2) is 0 Å². The van der Waals surface area contributed by atoms with Crippen LogP contribution in [0.2, 0.25) is 0 Å². The zero-order valence-electron chi connectivity index (χ0n) is 8.58. The summed E-state index contributed by atoms with van der Waals surface area (Å²) in [4.78, 5) is 2.03. The van der Waals surface area contributed by atoms with Gasteiger partial charge in [-0.3, -0.25) is 0 Å². The largest absolute Gasteiger partial charge is 0.466 e. The van der Waals surface area contributed by atoms with E-state index in [0.29, 0.717) is 0 Å². The SMILES string of the molecule is COCOc1ccc(N(C)C)cc1Br. The number of hydrogen-bond donors (Lipinski definition) is 0. The molecule has 1 aromatic rings. The molecule has 0 radical (unpaired) electrons. The Labute approximate surface area is 92.7 Å². The van der Waals surface area contributed by atoms with E-state index >= 15 is 0 Å².